The van der Waals surface area contributed by atoms with Crippen LogP contribution in [-0.4, -0.2) is 9.59 Å². The van der Waals surface area contributed by atoms with Gasteiger partial charge in [0.25, 0.3) is 0 Å². The fraction of sp³-hybridized carbons (Fsp3) is 0.429. The van der Waals surface area contributed by atoms with Crippen molar-refractivity contribution in [3.05, 3.63) is 46.0 Å². The molecule has 2 N–H and O–H groups in total. The van der Waals surface area contributed by atoms with E-state index in [1.165, 1.54) is 17.1 Å². The van der Waals surface area contributed by atoms with Crippen molar-refractivity contribution in [2.24, 2.45) is 11.7 Å². The predicted octanol–water partition coefficient (Wildman–Crippen LogP) is 3.09. The standard InChI is InChI=1S/C14H19N3S/c1-9(2)7-11-5-4-6-12(8-11)13(15)14-10(3)16-17-18-14/h4-6,8-9,13H,7,15H2,1-3H3. The Morgan fingerprint density at radius 3 is 2.72 bits per heavy atom. The third kappa shape index (κ3) is 2.94. The Morgan fingerprint density at radius 2 is 2.11 bits per heavy atom. The Kier molecular flexibility index (Phi) is 4.09. The van der Waals surface area contributed by atoms with E-state index < -0.39 is 0 Å². The molecule has 0 radical (unpaired) electrons. The second-order valence-electron chi connectivity index (χ2n) is 5.04. The Balaban J connectivity index is 2.25. The molecule has 2 rings (SSSR count). The summed E-state index contributed by atoms with van der Waals surface area (Å²) in [6.45, 7) is 6.41. The number of aryl methyl sites for hydroxylation is 1. The van der Waals surface area contributed by atoms with Crippen LogP contribution in [0.3, 0.4) is 0 Å². The maximum absolute atomic E-state index is 6.29. The minimum Gasteiger partial charge on any atom is -0.320 e. The van der Waals surface area contributed by atoms with Gasteiger partial charge in [0, 0.05) is 0 Å². The van der Waals surface area contributed by atoms with Crippen molar-refractivity contribution >= 4 is 11.5 Å². The average molecular weight is 261 g/mol. The molecule has 0 aliphatic heterocycles. The van der Waals surface area contributed by atoms with E-state index in [0.29, 0.717) is 5.92 Å². The lowest BCUT2D eigenvalue weighted by atomic mass is 9.98. The Morgan fingerprint density at radius 1 is 1.33 bits per heavy atom. The molecule has 0 saturated heterocycles. The van der Waals surface area contributed by atoms with Crippen LogP contribution in [-0.2, 0) is 6.42 Å². The van der Waals surface area contributed by atoms with Crippen LogP contribution >= 0.6 is 11.5 Å². The molecule has 1 aromatic heterocycles. The summed E-state index contributed by atoms with van der Waals surface area (Å²) in [6.07, 6.45) is 1.08. The molecule has 3 nitrogen and oxygen atoms in total. The highest BCUT2D eigenvalue weighted by atomic mass is 32.1. The van der Waals surface area contributed by atoms with Crippen LogP contribution in [0.25, 0.3) is 0 Å². The van der Waals surface area contributed by atoms with Crippen LogP contribution in [0.2, 0.25) is 0 Å². The predicted molar refractivity (Wildman–Crippen MR) is 75.7 cm³/mol. The molecular weight excluding hydrogens is 242 g/mol. The summed E-state index contributed by atoms with van der Waals surface area (Å²) in [6, 6.07) is 8.40. The maximum Gasteiger partial charge on any atom is 0.0776 e. The van der Waals surface area contributed by atoms with Gasteiger partial charge in [0.05, 0.1) is 16.6 Å². The molecule has 0 spiro atoms. The highest BCUT2D eigenvalue weighted by Gasteiger charge is 2.15. The molecule has 0 amide bonds. The number of hydrogen-bond acceptors (Lipinski definition) is 4. The second-order valence-corrected chi connectivity index (χ2v) is 5.83. The molecule has 4 heteroatoms. The largest absolute Gasteiger partial charge is 0.320 e. The molecule has 0 fully saturated rings. The Labute approximate surface area is 112 Å². The van der Waals surface area contributed by atoms with Crippen LogP contribution in [0.5, 0.6) is 0 Å². The molecule has 2 aromatic rings. The third-order valence-corrected chi connectivity index (χ3v) is 3.83. The monoisotopic (exact) mass is 261 g/mol. The molecule has 18 heavy (non-hydrogen) atoms. The number of aromatic nitrogens is 2. The first-order chi connectivity index (χ1) is 8.58. The molecule has 0 aliphatic rings. The van der Waals surface area contributed by atoms with Crippen molar-refractivity contribution in [2.75, 3.05) is 0 Å². The van der Waals surface area contributed by atoms with Crippen LogP contribution in [0.1, 0.15) is 41.6 Å². The average Bonchev–Trinajstić information content (AvgIpc) is 2.74. The number of benzene rings is 1. The highest BCUT2D eigenvalue weighted by Crippen LogP contribution is 2.25. The van der Waals surface area contributed by atoms with Crippen LogP contribution in [0.15, 0.2) is 24.3 Å². The van der Waals surface area contributed by atoms with Gasteiger partial charge in [0.1, 0.15) is 0 Å². The molecular formula is C14H19N3S. The van der Waals surface area contributed by atoms with Gasteiger partial charge in [-0.3, -0.25) is 0 Å². The number of hydrogen-bond donors (Lipinski definition) is 1. The summed E-state index contributed by atoms with van der Waals surface area (Å²) in [5.41, 5.74) is 9.71. The minimum atomic E-state index is -0.114. The molecule has 1 atom stereocenters. The Bertz CT molecular complexity index is 519. The van der Waals surface area contributed by atoms with E-state index in [1.807, 2.05) is 6.92 Å². The second kappa shape index (κ2) is 5.59. The first-order valence-electron chi connectivity index (χ1n) is 6.21. The maximum atomic E-state index is 6.29. The van der Waals surface area contributed by atoms with Crippen molar-refractivity contribution in [3.8, 4) is 0 Å². The van der Waals surface area contributed by atoms with Crippen molar-refractivity contribution in [1.82, 2.24) is 9.59 Å². The summed E-state index contributed by atoms with van der Waals surface area (Å²) in [5, 5.41) is 4.02. The van der Waals surface area contributed by atoms with Gasteiger partial charge < -0.3 is 5.73 Å². The molecule has 0 aliphatic carbocycles. The molecule has 0 saturated carbocycles. The minimum absolute atomic E-state index is 0.114. The van der Waals surface area contributed by atoms with Gasteiger partial charge in [-0.05, 0) is 41.9 Å². The summed E-state index contributed by atoms with van der Waals surface area (Å²) in [7, 11) is 0. The summed E-state index contributed by atoms with van der Waals surface area (Å²) in [4.78, 5) is 1.05. The number of nitrogens with zero attached hydrogens (tertiary/aromatic N) is 2. The summed E-state index contributed by atoms with van der Waals surface area (Å²) in [5.74, 6) is 0.656. The van der Waals surface area contributed by atoms with Gasteiger partial charge in [-0.1, -0.05) is 42.6 Å². The van der Waals surface area contributed by atoms with E-state index in [-0.39, 0.29) is 6.04 Å². The number of nitrogens with two attached hydrogens (primary N) is 1. The van der Waals surface area contributed by atoms with Crippen LogP contribution in [0, 0.1) is 12.8 Å². The molecule has 1 heterocycles. The summed E-state index contributed by atoms with van der Waals surface area (Å²) < 4.78 is 3.95. The molecule has 96 valence electrons. The van der Waals surface area contributed by atoms with Crippen LogP contribution in [0.4, 0.5) is 0 Å². The topological polar surface area (TPSA) is 51.8 Å². The van der Waals surface area contributed by atoms with Crippen molar-refractivity contribution in [3.63, 3.8) is 0 Å². The van der Waals surface area contributed by atoms with Crippen molar-refractivity contribution in [2.45, 2.75) is 33.2 Å². The Hall–Kier alpha value is -1.26. The normalized spacial score (nSPS) is 12.9. The molecule has 0 bridgehead atoms. The lowest BCUT2D eigenvalue weighted by molar-refractivity contribution is 0.646. The van der Waals surface area contributed by atoms with E-state index >= 15 is 0 Å². The summed E-state index contributed by atoms with van der Waals surface area (Å²) >= 11 is 1.39. The fourth-order valence-corrected chi connectivity index (χ4v) is 2.73. The van der Waals surface area contributed by atoms with E-state index in [0.717, 1.165) is 22.6 Å². The highest BCUT2D eigenvalue weighted by molar-refractivity contribution is 7.05. The first kappa shape index (κ1) is 13.2. The van der Waals surface area contributed by atoms with Crippen molar-refractivity contribution in [1.29, 1.82) is 0 Å². The third-order valence-electron chi connectivity index (χ3n) is 2.92. The lowest BCUT2D eigenvalue weighted by Crippen LogP contribution is -2.12. The smallest absolute Gasteiger partial charge is 0.0776 e. The van der Waals surface area contributed by atoms with Crippen molar-refractivity contribution < 1.29 is 0 Å². The first-order valence-corrected chi connectivity index (χ1v) is 6.98. The van der Waals surface area contributed by atoms with Crippen LogP contribution < -0.4 is 5.73 Å². The SMILES string of the molecule is Cc1nnsc1C(N)c1cccc(CC(C)C)c1. The zero-order valence-electron chi connectivity index (χ0n) is 11.1. The van der Waals surface area contributed by atoms with Gasteiger partial charge in [0.2, 0.25) is 0 Å². The lowest BCUT2D eigenvalue weighted by Gasteiger charge is -2.12. The van der Waals surface area contributed by atoms with Gasteiger partial charge in [-0.15, -0.1) is 5.10 Å². The zero-order valence-corrected chi connectivity index (χ0v) is 11.9. The van der Waals surface area contributed by atoms with Gasteiger partial charge in [0.15, 0.2) is 0 Å². The van der Waals surface area contributed by atoms with E-state index in [9.17, 15) is 0 Å². The number of rotatable bonds is 4. The van der Waals surface area contributed by atoms with Gasteiger partial charge in [-0.2, -0.15) is 0 Å². The fourth-order valence-electron chi connectivity index (χ4n) is 2.06. The zero-order chi connectivity index (χ0) is 13.1. The van der Waals surface area contributed by atoms with E-state index in [1.54, 1.807) is 0 Å². The quantitative estimate of drug-likeness (QED) is 0.920. The van der Waals surface area contributed by atoms with E-state index in [4.69, 9.17) is 5.73 Å². The molecule has 1 aromatic carbocycles. The molecule has 1 unspecified atom stereocenters. The van der Waals surface area contributed by atoms with Gasteiger partial charge in [-0.25, -0.2) is 0 Å². The van der Waals surface area contributed by atoms with E-state index in [2.05, 4.69) is 47.7 Å². The van der Waals surface area contributed by atoms with Gasteiger partial charge >= 0.3 is 0 Å².